The lowest BCUT2D eigenvalue weighted by molar-refractivity contribution is 0.322. The number of nitrogens with zero attached hydrogens (tertiary/aromatic N) is 3. The van der Waals surface area contributed by atoms with E-state index in [1.807, 2.05) is 0 Å². The lowest BCUT2D eigenvalue weighted by Gasteiger charge is -2.16. The Morgan fingerprint density at radius 2 is 2.00 bits per heavy atom. The van der Waals surface area contributed by atoms with Crippen LogP contribution in [0.2, 0.25) is 0 Å². The topological polar surface area (TPSA) is 21.1 Å². The van der Waals surface area contributed by atoms with Crippen LogP contribution in [0.3, 0.4) is 0 Å². The molecule has 0 unspecified atom stereocenters. The van der Waals surface area contributed by atoms with Gasteiger partial charge in [-0.25, -0.2) is 4.98 Å². The smallest absolute Gasteiger partial charge is 0.111 e. The first-order valence-corrected chi connectivity index (χ1v) is 8.05. The molecule has 1 aromatic carbocycles. The average Bonchev–Trinajstić information content (AvgIpc) is 3.04. The van der Waals surface area contributed by atoms with Crippen molar-refractivity contribution in [3.05, 3.63) is 29.6 Å². The summed E-state index contributed by atoms with van der Waals surface area (Å²) in [5.74, 6) is 1.76. The number of halogens is 1. The van der Waals surface area contributed by atoms with E-state index >= 15 is 0 Å². The van der Waals surface area contributed by atoms with Gasteiger partial charge in [-0.05, 0) is 50.6 Å². The van der Waals surface area contributed by atoms with Crippen molar-refractivity contribution in [2.24, 2.45) is 0 Å². The number of fused-ring (bicyclic) bond motifs is 1. The SMILES string of the molecule is Cc1ccc2c(c1)nc(CCCl)n2CCN1CCCC1. The maximum Gasteiger partial charge on any atom is 0.111 e. The normalized spacial score (nSPS) is 16.3. The van der Waals surface area contributed by atoms with E-state index in [0.717, 1.165) is 30.9 Å². The lowest BCUT2D eigenvalue weighted by Crippen LogP contribution is -2.24. The van der Waals surface area contributed by atoms with Crippen LogP contribution in [0.4, 0.5) is 0 Å². The summed E-state index contributed by atoms with van der Waals surface area (Å²) in [6.45, 7) is 6.75. The molecule has 0 radical (unpaired) electrons. The molecular weight excluding hydrogens is 270 g/mol. The van der Waals surface area contributed by atoms with Crippen LogP contribution < -0.4 is 0 Å². The molecule has 2 aromatic rings. The first-order chi connectivity index (χ1) is 9.78. The van der Waals surface area contributed by atoms with E-state index in [4.69, 9.17) is 16.6 Å². The second kappa shape index (κ2) is 6.15. The number of hydrogen-bond donors (Lipinski definition) is 0. The third-order valence-electron chi connectivity index (χ3n) is 4.14. The maximum atomic E-state index is 5.93. The van der Waals surface area contributed by atoms with E-state index in [0.29, 0.717) is 5.88 Å². The zero-order valence-electron chi connectivity index (χ0n) is 12.1. The Morgan fingerprint density at radius 1 is 1.20 bits per heavy atom. The van der Waals surface area contributed by atoms with E-state index in [-0.39, 0.29) is 0 Å². The predicted molar refractivity (Wildman–Crippen MR) is 84.6 cm³/mol. The highest BCUT2D eigenvalue weighted by Gasteiger charge is 2.14. The zero-order chi connectivity index (χ0) is 13.9. The number of alkyl halides is 1. The molecule has 0 N–H and O–H groups in total. The minimum atomic E-state index is 0.631. The number of benzene rings is 1. The summed E-state index contributed by atoms with van der Waals surface area (Å²) in [6, 6.07) is 6.53. The third-order valence-corrected chi connectivity index (χ3v) is 4.33. The Morgan fingerprint density at radius 3 is 2.75 bits per heavy atom. The molecule has 3 rings (SSSR count). The van der Waals surface area contributed by atoms with Crippen LogP contribution in [0, 0.1) is 6.92 Å². The van der Waals surface area contributed by atoms with Crippen molar-refractivity contribution in [3.63, 3.8) is 0 Å². The summed E-state index contributed by atoms with van der Waals surface area (Å²) < 4.78 is 2.36. The first kappa shape index (κ1) is 13.9. The standard InChI is InChI=1S/C16H22ClN3/c1-13-4-5-15-14(12-13)18-16(6-7-17)20(15)11-10-19-8-2-3-9-19/h4-5,12H,2-3,6-11H2,1H3. The van der Waals surface area contributed by atoms with Crippen LogP contribution in [-0.4, -0.2) is 40.0 Å². The molecule has 1 aliphatic heterocycles. The van der Waals surface area contributed by atoms with Gasteiger partial charge in [0, 0.05) is 25.4 Å². The van der Waals surface area contributed by atoms with E-state index in [1.165, 1.54) is 37.0 Å². The molecular formula is C16H22ClN3. The van der Waals surface area contributed by atoms with Gasteiger partial charge in [-0.2, -0.15) is 0 Å². The molecule has 4 heteroatoms. The molecule has 0 bridgehead atoms. The number of likely N-dealkylation sites (tertiary alicyclic amines) is 1. The fraction of sp³-hybridized carbons (Fsp3) is 0.562. The Bertz CT molecular complexity index is 585. The van der Waals surface area contributed by atoms with Gasteiger partial charge in [-0.1, -0.05) is 6.07 Å². The highest BCUT2D eigenvalue weighted by atomic mass is 35.5. The molecule has 108 valence electrons. The monoisotopic (exact) mass is 291 g/mol. The molecule has 0 aliphatic carbocycles. The lowest BCUT2D eigenvalue weighted by atomic mass is 10.2. The molecule has 1 aliphatic rings. The molecule has 1 fully saturated rings. The van der Waals surface area contributed by atoms with Crippen LogP contribution >= 0.6 is 11.6 Å². The summed E-state index contributed by atoms with van der Waals surface area (Å²) in [4.78, 5) is 7.31. The van der Waals surface area contributed by atoms with Crippen LogP contribution in [0.25, 0.3) is 11.0 Å². The molecule has 0 saturated carbocycles. The van der Waals surface area contributed by atoms with Gasteiger partial charge < -0.3 is 9.47 Å². The quantitative estimate of drug-likeness (QED) is 0.789. The fourth-order valence-corrected chi connectivity index (χ4v) is 3.23. The van der Waals surface area contributed by atoms with Crippen molar-refractivity contribution < 1.29 is 0 Å². The van der Waals surface area contributed by atoms with Gasteiger partial charge in [0.25, 0.3) is 0 Å². The van der Waals surface area contributed by atoms with Gasteiger partial charge in [-0.15, -0.1) is 11.6 Å². The molecule has 1 saturated heterocycles. The van der Waals surface area contributed by atoms with Crippen molar-refractivity contribution in [2.45, 2.75) is 32.7 Å². The van der Waals surface area contributed by atoms with Crippen molar-refractivity contribution in [2.75, 3.05) is 25.5 Å². The summed E-state index contributed by atoms with van der Waals surface area (Å²) in [5.41, 5.74) is 3.61. The van der Waals surface area contributed by atoms with Crippen molar-refractivity contribution >= 4 is 22.6 Å². The number of aromatic nitrogens is 2. The van der Waals surface area contributed by atoms with Crippen molar-refractivity contribution in [1.82, 2.24) is 14.5 Å². The minimum Gasteiger partial charge on any atom is -0.327 e. The number of rotatable bonds is 5. The maximum absolute atomic E-state index is 5.93. The third kappa shape index (κ3) is 2.84. The predicted octanol–water partition coefficient (Wildman–Crippen LogP) is 3.22. The second-order valence-electron chi connectivity index (χ2n) is 5.66. The first-order valence-electron chi connectivity index (χ1n) is 7.52. The fourth-order valence-electron chi connectivity index (χ4n) is 3.06. The number of hydrogen-bond acceptors (Lipinski definition) is 2. The molecule has 1 aromatic heterocycles. The molecule has 20 heavy (non-hydrogen) atoms. The van der Waals surface area contributed by atoms with E-state index < -0.39 is 0 Å². The van der Waals surface area contributed by atoms with Crippen LogP contribution in [0.5, 0.6) is 0 Å². The van der Waals surface area contributed by atoms with Crippen LogP contribution in [-0.2, 0) is 13.0 Å². The second-order valence-corrected chi connectivity index (χ2v) is 6.04. The molecule has 0 amide bonds. The van der Waals surface area contributed by atoms with Crippen LogP contribution in [0.15, 0.2) is 18.2 Å². The van der Waals surface area contributed by atoms with E-state index in [1.54, 1.807) is 0 Å². The van der Waals surface area contributed by atoms with Crippen molar-refractivity contribution in [3.8, 4) is 0 Å². The highest BCUT2D eigenvalue weighted by Crippen LogP contribution is 2.19. The Balaban J connectivity index is 1.87. The summed E-state index contributed by atoms with van der Waals surface area (Å²) in [7, 11) is 0. The van der Waals surface area contributed by atoms with Crippen molar-refractivity contribution in [1.29, 1.82) is 0 Å². The number of aryl methyl sites for hydroxylation is 2. The largest absolute Gasteiger partial charge is 0.327 e. The van der Waals surface area contributed by atoms with E-state index in [9.17, 15) is 0 Å². The van der Waals surface area contributed by atoms with Gasteiger partial charge in [0.15, 0.2) is 0 Å². The number of imidazole rings is 1. The van der Waals surface area contributed by atoms with Gasteiger partial charge >= 0.3 is 0 Å². The molecule has 0 spiro atoms. The van der Waals surface area contributed by atoms with Gasteiger partial charge in [0.05, 0.1) is 11.0 Å². The summed E-state index contributed by atoms with van der Waals surface area (Å²) in [5, 5.41) is 0. The van der Waals surface area contributed by atoms with Gasteiger partial charge in [0.1, 0.15) is 5.82 Å². The Kier molecular flexibility index (Phi) is 4.27. The van der Waals surface area contributed by atoms with E-state index in [2.05, 4.69) is 34.6 Å². The molecule has 3 nitrogen and oxygen atoms in total. The Hall–Kier alpha value is -1.06. The zero-order valence-corrected chi connectivity index (χ0v) is 12.9. The summed E-state index contributed by atoms with van der Waals surface area (Å²) in [6.07, 6.45) is 3.53. The Labute approximate surface area is 125 Å². The molecule has 0 atom stereocenters. The van der Waals surface area contributed by atoms with Gasteiger partial charge in [-0.3, -0.25) is 0 Å². The average molecular weight is 292 g/mol. The highest BCUT2D eigenvalue weighted by molar-refractivity contribution is 6.17. The van der Waals surface area contributed by atoms with Gasteiger partial charge in [0.2, 0.25) is 0 Å². The van der Waals surface area contributed by atoms with Crippen LogP contribution in [0.1, 0.15) is 24.2 Å². The minimum absolute atomic E-state index is 0.631. The molecule has 2 heterocycles. The summed E-state index contributed by atoms with van der Waals surface area (Å²) >= 11 is 5.93.